The Hall–Kier alpha value is -4.09. The van der Waals surface area contributed by atoms with E-state index in [1.54, 1.807) is 36.6 Å². The Bertz CT molecular complexity index is 1820. The predicted molar refractivity (Wildman–Crippen MR) is 232 cm³/mol. The van der Waals surface area contributed by atoms with Crippen molar-refractivity contribution in [1.29, 1.82) is 0 Å². The van der Waals surface area contributed by atoms with Crippen LogP contribution in [0.2, 0.25) is 5.02 Å². The number of tetrazole rings is 1. The monoisotopic (exact) mass is 902 g/mol. The Kier molecular flexibility index (Phi) is 21.5. The second-order valence-corrected chi connectivity index (χ2v) is 15.4. The smallest absolute Gasteiger partial charge is 0.257 e. The van der Waals surface area contributed by atoms with Crippen molar-refractivity contribution in [2.24, 2.45) is 0 Å². The van der Waals surface area contributed by atoms with Crippen LogP contribution in [0.3, 0.4) is 0 Å². The molecular formula is C42H63ClN10O10. The lowest BCUT2D eigenvalue weighted by Gasteiger charge is -2.38. The first-order chi connectivity index (χ1) is 31.1. The van der Waals surface area contributed by atoms with Gasteiger partial charge in [0.1, 0.15) is 30.5 Å². The Morgan fingerprint density at radius 3 is 1.94 bits per heavy atom. The number of morpholine rings is 1. The maximum atomic E-state index is 6.50. The minimum Gasteiger partial charge on any atom is -0.487 e. The van der Waals surface area contributed by atoms with E-state index in [-0.39, 0.29) is 12.1 Å². The first-order valence-electron chi connectivity index (χ1n) is 21.8. The van der Waals surface area contributed by atoms with Crippen molar-refractivity contribution in [3.05, 3.63) is 48.1 Å². The van der Waals surface area contributed by atoms with Crippen LogP contribution in [0.5, 0.6) is 11.6 Å². The molecule has 1 atom stereocenters. The largest absolute Gasteiger partial charge is 0.487 e. The SMILES string of the molecule is COCCOCCOCCOCCOCCOCCOCCOc1nn([C@H]2CC[C@H](N3CCOCC3)CC2)cc1Nc1ncc(-c2ccc(Cl)c(O[C@@H](C)Cn3cnnn3)c2)cn1. The van der Waals surface area contributed by atoms with E-state index in [1.807, 2.05) is 29.9 Å². The number of rotatable bonds is 31. The number of hydrogen-bond acceptors (Lipinski definition) is 18. The molecule has 20 nitrogen and oxygen atoms in total. The molecule has 6 rings (SSSR count). The molecule has 4 aromatic rings. The topological polar surface area (TPSA) is 195 Å². The molecule has 1 saturated heterocycles. The summed E-state index contributed by atoms with van der Waals surface area (Å²) < 4.78 is 59.8. The molecule has 3 aromatic heterocycles. The normalized spacial score (nSPS) is 17.5. The summed E-state index contributed by atoms with van der Waals surface area (Å²) in [6.45, 7) is 12.7. The Labute approximate surface area is 374 Å². The first kappa shape index (κ1) is 48.4. The number of nitrogens with zero attached hydrogens (tertiary/aromatic N) is 9. The van der Waals surface area contributed by atoms with Crippen LogP contribution in [-0.2, 0) is 44.4 Å². The average molecular weight is 903 g/mol. The number of halogens is 1. The molecule has 1 aliphatic heterocycles. The number of benzene rings is 1. The molecule has 1 aromatic carbocycles. The molecule has 4 heterocycles. The quantitative estimate of drug-likeness (QED) is 0.0708. The summed E-state index contributed by atoms with van der Waals surface area (Å²) in [4.78, 5) is 11.8. The lowest BCUT2D eigenvalue weighted by Crippen LogP contribution is -2.45. The van der Waals surface area contributed by atoms with E-state index in [1.165, 1.54) is 0 Å². The summed E-state index contributed by atoms with van der Waals surface area (Å²) in [5.41, 5.74) is 2.33. The van der Waals surface area contributed by atoms with E-state index in [2.05, 4.69) is 35.7 Å². The molecule has 2 aliphatic rings. The minimum atomic E-state index is -0.226. The molecule has 63 heavy (non-hydrogen) atoms. The summed E-state index contributed by atoms with van der Waals surface area (Å²) in [5.74, 6) is 1.41. The van der Waals surface area contributed by atoms with Crippen LogP contribution in [0.15, 0.2) is 43.1 Å². The van der Waals surface area contributed by atoms with E-state index < -0.39 is 0 Å². The molecule has 1 N–H and O–H groups in total. The van der Waals surface area contributed by atoms with Crippen LogP contribution in [0, 0.1) is 0 Å². The van der Waals surface area contributed by atoms with Gasteiger partial charge in [0.15, 0.2) is 0 Å². The van der Waals surface area contributed by atoms with Gasteiger partial charge in [-0.15, -0.1) is 10.2 Å². The molecule has 1 aliphatic carbocycles. The van der Waals surface area contributed by atoms with Gasteiger partial charge in [-0.2, -0.15) is 0 Å². The Balaban J connectivity index is 0.923. The summed E-state index contributed by atoms with van der Waals surface area (Å²) in [7, 11) is 1.65. The van der Waals surface area contributed by atoms with Crippen molar-refractivity contribution < 1.29 is 47.4 Å². The molecule has 0 radical (unpaired) electrons. The third-order valence-electron chi connectivity index (χ3n) is 10.4. The maximum absolute atomic E-state index is 6.50. The standard InChI is InChI=1S/C42H63ClN10O10/c1-33(30-52-32-46-49-50-52)63-40-27-34(3-8-38(40)43)35-28-44-42(45-29-35)47-39-31-53(37-6-4-36(5-7-37)51-9-11-55-12-10-51)48-41(39)62-26-25-61-24-23-60-22-21-59-20-19-58-18-17-57-16-15-56-14-13-54-2/h3,8,27-29,31-33,36-37H,4-7,9-26,30H2,1-2H3,(H,44,45,47)/t33-,36-,37-/m0/s1. The fourth-order valence-corrected chi connectivity index (χ4v) is 7.31. The van der Waals surface area contributed by atoms with Crippen LogP contribution < -0.4 is 14.8 Å². The number of aromatic nitrogens is 8. The van der Waals surface area contributed by atoms with Crippen LogP contribution >= 0.6 is 11.6 Å². The van der Waals surface area contributed by atoms with Crippen molar-refractivity contribution in [3.63, 3.8) is 0 Å². The second kappa shape index (κ2) is 28.0. The van der Waals surface area contributed by atoms with Crippen molar-refractivity contribution in [2.75, 3.05) is 131 Å². The molecule has 0 bridgehead atoms. The van der Waals surface area contributed by atoms with E-state index in [9.17, 15) is 0 Å². The van der Waals surface area contributed by atoms with Gasteiger partial charge in [0.05, 0.1) is 123 Å². The summed E-state index contributed by atoms with van der Waals surface area (Å²) in [5, 5.41) is 20.0. The van der Waals surface area contributed by atoms with E-state index in [4.69, 9.17) is 64.1 Å². The molecular weight excluding hydrogens is 840 g/mol. The first-order valence-corrected chi connectivity index (χ1v) is 22.2. The highest BCUT2D eigenvalue weighted by Gasteiger charge is 2.29. The Morgan fingerprint density at radius 2 is 1.35 bits per heavy atom. The van der Waals surface area contributed by atoms with Crippen LogP contribution in [0.25, 0.3) is 11.1 Å². The second-order valence-electron chi connectivity index (χ2n) is 15.0. The highest BCUT2D eigenvalue weighted by Crippen LogP contribution is 2.35. The molecule has 0 amide bonds. The highest BCUT2D eigenvalue weighted by molar-refractivity contribution is 6.32. The molecule has 0 spiro atoms. The molecule has 0 unspecified atom stereocenters. The Morgan fingerprint density at radius 1 is 0.762 bits per heavy atom. The van der Waals surface area contributed by atoms with Gasteiger partial charge in [-0.1, -0.05) is 17.7 Å². The summed E-state index contributed by atoms with van der Waals surface area (Å²) in [6, 6.07) is 6.41. The number of methoxy groups -OCH3 is 1. The predicted octanol–water partition coefficient (Wildman–Crippen LogP) is 4.13. The lowest BCUT2D eigenvalue weighted by molar-refractivity contribution is -0.0199. The maximum Gasteiger partial charge on any atom is 0.257 e. The van der Waals surface area contributed by atoms with E-state index >= 15 is 0 Å². The molecule has 1 saturated carbocycles. The van der Waals surface area contributed by atoms with Crippen LogP contribution in [0.4, 0.5) is 11.6 Å². The highest BCUT2D eigenvalue weighted by atomic mass is 35.5. The van der Waals surface area contributed by atoms with E-state index in [0.717, 1.165) is 63.1 Å². The van der Waals surface area contributed by atoms with Gasteiger partial charge < -0.3 is 52.7 Å². The van der Waals surface area contributed by atoms with E-state index in [0.29, 0.717) is 133 Å². The number of anilines is 2. The van der Waals surface area contributed by atoms with Crippen molar-refractivity contribution in [3.8, 4) is 22.8 Å². The third-order valence-corrected chi connectivity index (χ3v) is 10.7. The molecule has 348 valence electrons. The summed E-state index contributed by atoms with van der Waals surface area (Å²) >= 11 is 6.50. The fraction of sp³-hybridized carbons (Fsp3) is 0.667. The van der Waals surface area contributed by atoms with Crippen molar-refractivity contribution >= 4 is 23.2 Å². The number of nitrogens with one attached hydrogen (secondary N) is 1. The van der Waals surface area contributed by atoms with Crippen molar-refractivity contribution in [1.82, 2.24) is 44.9 Å². The van der Waals surface area contributed by atoms with Gasteiger partial charge in [0.2, 0.25) is 5.95 Å². The van der Waals surface area contributed by atoms with Gasteiger partial charge in [-0.05, 0) is 60.7 Å². The number of hydrogen-bond donors (Lipinski definition) is 1. The van der Waals surface area contributed by atoms with Crippen molar-refractivity contribution in [2.45, 2.75) is 57.3 Å². The molecule has 2 fully saturated rings. The minimum absolute atomic E-state index is 0.226. The van der Waals surface area contributed by atoms with Gasteiger partial charge in [0, 0.05) is 44.2 Å². The lowest BCUT2D eigenvalue weighted by atomic mass is 9.90. The van der Waals surface area contributed by atoms with Gasteiger partial charge in [-0.3, -0.25) is 9.58 Å². The number of ether oxygens (including phenoxy) is 10. The zero-order valence-electron chi connectivity index (χ0n) is 36.5. The molecule has 21 heteroatoms. The van der Waals surface area contributed by atoms with Gasteiger partial charge >= 0.3 is 0 Å². The zero-order chi connectivity index (χ0) is 43.7. The van der Waals surface area contributed by atoms with Crippen LogP contribution in [-0.4, -0.2) is 183 Å². The fourth-order valence-electron chi connectivity index (χ4n) is 7.14. The van der Waals surface area contributed by atoms with Gasteiger partial charge in [0.25, 0.3) is 5.88 Å². The zero-order valence-corrected chi connectivity index (χ0v) is 37.3. The van der Waals surface area contributed by atoms with Crippen LogP contribution in [0.1, 0.15) is 38.6 Å². The third kappa shape index (κ3) is 17.1. The van der Waals surface area contributed by atoms with Gasteiger partial charge in [-0.25, -0.2) is 14.6 Å². The summed E-state index contributed by atoms with van der Waals surface area (Å²) in [6.07, 6.45) is 11.1. The average Bonchev–Trinajstić information content (AvgIpc) is 3.98.